The molecule has 0 heterocycles. The highest BCUT2D eigenvalue weighted by molar-refractivity contribution is 6.00. The van der Waals surface area contributed by atoms with E-state index in [4.69, 9.17) is 0 Å². The molecule has 0 saturated carbocycles. The van der Waals surface area contributed by atoms with E-state index in [1.807, 2.05) is 26.0 Å². The summed E-state index contributed by atoms with van der Waals surface area (Å²) in [5.74, 6) is -0.155. The molecule has 1 N–H and O–H groups in total. The van der Waals surface area contributed by atoms with E-state index in [0.717, 1.165) is 5.57 Å². The molecule has 2 heteroatoms. The molecule has 1 aliphatic carbocycles. The van der Waals surface area contributed by atoms with Gasteiger partial charge in [-0.25, -0.2) is 0 Å². The van der Waals surface area contributed by atoms with Gasteiger partial charge in [0.15, 0.2) is 5.78 Å². The molecular formula is C13H18O2. The summed E-state index contributed by atoms with van der Waals surface area (Å²) in [5, 5.41) is 9.60. The number of Topliss-reactive ketones (excluding diaryl/α,β-unsaturated/α-hetero) is 1. The standard InChI is InChI=1S/C13H18O2/c1-5-6-7-10-9(2)12(15)11(14)8-13(10,3)4/h5-7,11,14H,1,8H2,2-4H3/b7-6+. The van der Waals surface area contributed by atoms with Crippen molar-refractivity contribution >= 4 is 5.78 Å². The molecule has 1 rings (SSSR count). The van der Waals surface area contributed by atoms with Crippen molar-refractivity contribution in [1.82, 2.24) is 0 Å². The Kier molecular flexibility index (Phi) is 3.30. The number of hydrogen-bond donors (Lipinski definition) is 1. The van der Waals surface area contributed by atoms with Gasteiger partial charge in [-0.05, 0) is 29.9 Å². The van der Waals surface area contributed by atoms with E-state index in [1.165, 1.54) is 0 Å². The summed E-state index contributed by atoms with van der Waals surface area (Å²) in [7, 11) is 0. The van der Waals surface area contributed by atoms with E-state index in [9.17, 15) is 9.90 Å². The van der Waals surface area contributed by atoms with Crippen molar-refractivity contribution in [3.05, 3.63) is 36.0 Å². The molecule has 82 valence electrons. The predicted octanol–water partition coefficient (Wildman–Crippen LogP) is 2.41. The van der Waals surface area contributed by atoms with Gasteiger partial charge in [-0.2, -0.15) is 0 Å². The molecule has 0 amide bonds. The SMILES string of the molecule is C=C/C=C/C1=C(C)C(=O)C(O)CC1(C)C. The number of ketones is 1. The smallest absolute Gasteiger partial charge is 0.187 e. The van der Waals surface area contributed by atoms with Crippen LogP contribution in [-0.2, 0) is 4.79 Å². The minimum atomic E-state index is -0.846. The van der Waals surface area contributed by atoms with Gasteiger partial charge in [0.1, 0.15) is 6.10 Å². The van der Waals surface area contributed by atoms with E-state index >= 15 is 0 Å². The summed E-state index contributed by atoms with van der Waals surface area (Å²) in [4.78, 5) is 11.6. The Morgan fingerprint density at radius 2 is 2.13 bits per heavy atom. The van der Waals surface area contributed by atoms with E-state index in [0.29, 0.717) is 12.0 Å². The second-order valence-electron chi connectivity index (χ2n) is 4.60. The summed E-state index contributed by atoms with van der Waals surface area (Å²) < 4.78 is 0. The van der Waals surface area contributed by atoms with Crippen molar-refractivity contribution in [3.63, 3.8) is 0 Å². The van der Waals surface area contributed by atoms with Crippen molar-refractivity contribution < 1.29 is 9.90 Å². The van der Waals surface area contributed by atoms with Crippen LogP contribution in [-0.4, -0.2) is 17.0 Å². The van der Waals surface area contributed by atoms with Crippen molar-refractivity contribution in [3.8, 4) is 0 Å². The lowest BCUT2D eigenvalue weighted by atomic mass is 9.71. The van der Waals surface area contributed by atoms with Crippen LogP contribution in [0.15, 0.2) is 36.0 Å². The number of carbonyl (C=O) groups is 1. The minimum absolute atomic E-state index is 0.155. The van der Waals surface area contributed by atoms with Crippen molar-refractivity contribution in [2.45, 2.75) is 33.3 Å². The van der Waals surface area contributed by atoms with Gasteiger partial charge in [-0.3, -0.25) is 4.79 Å². The maximum absolute atomic E-state index is 11.6. The number of aliphatic hydroxyl groups is 1. The van der Waals surface area contributed by atoms with Crippen molar-refractivity contribution in [1.29, 1.82) is 0 Å². The number of aliphatic hydroxyl groups excluding tert-OH is 1. The van der Waals surface area contributed by atoms with Crippen LogP contribution in [0.3, 0.4) is 0 Å². The Morgan fingerprint density at radius 3 is 2.67 bits per heavy atom. The molecule has 2 nitrogen and oxygen atoms in total. The summed E-state index contributed by atoms with van der Waals surface area (Å²) in [6.07, 6.45) is 5.06. The van der Waals surface area contributed by atoms with Gasteiger partial charge in [-0.15, -0.1) is 0 Å². The largest absolute Gasteiger partial charge is 0.385 e. The van der Waals surface area contributed by atoms with E-state index in [2.05, 4.69) is 6.58 Å². The van der Waals surface area contributed by atoms with Gasteiger partial charge >= 0.3 is 0 Å². The molecule has 0 saturated heterocycles. The Hall–Kier alpha value is -1.15. The normalized spacial score (nSPS) is 26.1. The fraction of sp³-hybridized carbons (Fsp3) is 0.462. The molecular weight excluding hydrogens is 188 g/mol. The predicted molar refractivity (Wildman–Crippen MR) is 61.4 cm³/mol. The number of hydrogen-bond acceptors (Lipinski definition) is 2. The summed E-state index contributed by atoms with van der Waals surface area (Å²) >= 11 is 0. The zero-order valence-corrected chi connectivity index (χ0v) is 9.58. The second-order valence-corrected chi connectivity index (χ2v) is 4.60. The maximum atomic E-state index is 11.6. The molecule has 0 spiro atoms. The minimum Gasteiger partial charge on any atom is -0.385 e. The number of carbonyl (C=O) groups excluding carboxylic acids is 1. The van der Waals surface area contributed by atoms with Crippen LogP contribution < -0.4 is 0 Å². The van der Waals surface area contributed by atoms with Crippen LogP contribution in [0.2, 0.25) is 0 Å². The molecule has 1 atom stereocenters. The van der Waals surface area contributed by atoms with Crippen LogP contribution >= 0.6 is 0 Å². The van der Waals surface area contributed by atoms with Crippen molar-refractivity contribution in [2.24, 2.45) is 5.41 Å². The number of rotatable bonds is 2. The van der Waals surface area contributed by atoms with Gasteiger partial charge in [0.05, 0.1) is 0 Å². The maximum Gasteiger partial charge on any atom is 0.187 e. The lowest BCUT2D eigenvalue weighted by Crippen LogP contribution is -2.35. The molecule has 0 aromatic heterocycles. The molecule has 0 aliphatic heterocycles. The third-order valence-electron chi connectivity index (χ3n) is 2.91. The fourth-order valence-corrected chi connectivity index (χ4v) is 2.09. The molecule has 0 radical (unpaired) electrons. The monoisotopic (exact) mass is 206 g/mol. The van der Waals surface area contributed by atoms with Crippen LogP contribution in [0.1, 0.15) is 27.2 Å². The first-order valence-corrected chi connectivity index (χ1v) is 5.13. The summed E-state index contributed by atoms with van der Waals surface area (Å²) in [5.41, 5.74) is 1.51. The Morgan fingerprint density at radius 1 is 1.53 bits per heavy atom. The topological polar surface area (TPSA) is 37.3 Å². The van der Waals surface area contributed by atoms with Gasteiger partial charge in [0.2, 0.25) is 0 Å². The van der Waals surface area contributed by atoms with E-state index in [-0.39, 0.29) is 11.2 Å². The molecule has 0 aromatic carbocycles. The summed E-state index contributed by atoms with van der Waals surface area (Å²) in [6, 6.07) is 0. The van der Waals surface area contributed by atoms with E-state index in [1.54, 1.807) is 13.0 Å². The Labute approximate surface area is 91.0 Å². The van der Waals surface area contributed by atoms with E-state index < -0.39 is 6.10 Å². The molecule has 0 aromatic rings. The van der Waals surface area contributed by atoms with Crippen LogP contribution in [0.25, 0.3) is 0 Å². The quantitative estimate of drug-likeness (QED) is 0.704. The number of allylic oxidation sites excluding steroid dienone is 4. The highest BCUT2D eigenvalue weighted by Gasteiger charge is 2.36. The van der Waals surface area contributed by atoms with Gasteiger partial charge < -0.3 is 5.11 Å². The average molecular weight is 206 g/mol. The van der Waals surface area contributed by atoms with Crippen molar-refractivity contribution in [2.75, 3.05) is 0 Å². The van der Waals surface area contributed by atoms with Gasteiger partial charge in [-0.1, -0.05) is 38.7 Å². The average Bonchev–Trinajstić information content (AvgIpc) is 2.14. The molecule has 0 bridgehead atoms. The molecule has 15 heavy (non-hydrogen) atoms. The van der Waals surface area contributed by atoms with Crippen LogP contribution in [0.5, 0.6) is 0 Å². The van der Waals surface area contributed by atoms with Gasteiger partial charge in [0.25, 0.3) is 0 Å². The second kappa shape index (κ2) is 4.15. The first-order chi connectivity index (χ1) is 6.90. The first-order valence-electron chi connectivity index (χ1n) is 5.13. The molecule has 1 aliphatic rings. The molecule has 0 fully saturated rings. The Balaban J connectivity index is 3.21. The van der Waals surface area contributed by atoms with Crippen LogP contribution in [0, 0.1) is 5.41 Å². The summed E-state index contributed by atoms with van der Waals surface area (Å²) in [6.45, 7) is 9.45. The van der Waals surface area contributed by atoms with Crippen LogP contribution in [0.4, 0.5) is 0 Å². The zero-order valence-electron chi connectivity index (χ0n) is 9.58. The molecule has 1 unspecified atom stereocenters. The highest BCUT2D eigenvalue weighted by atomic mass is 16.3. The third kappa shape index (κ3) is 2.26. The third-order valence-corrected chi connectivity index (χ3v) is 2.91. The lowest BCUT2D eigenvalue weighted by molar-refractivity contribution is -0.125. The van der Waals surface area contributed by atoms with Gasteiger partial charge in [0, 0.05) is 0 Å². The first kappa shape index (κ1) is 11.9. The fourth-order valence-electron chi connectivity index (χ4n) is 2.09. The highest BCUT2D eigenvalue weighted by Crippen LogP contribution is 2.39. The lowest BCUT2D eigenvalue weighted by Gasteiger charge is -2.34. The Bertz CT molecular complexity index is 346. The zero-order chi connectivity index (χ0) is 11.6.